The number of carbonyl (C=O) groups excluding carboxylic acids is 2. The van der Waals surface area contributed by atoms with E-state index in [1.165, 1.54) is 10.7 Å². The Morgan fingerprint density at radius 2 is 1.81 bits per heavy atom. The molecule has 0 atom stereocenters. The third-order valence-electron chi connectivity index (χ3n) is 4.57. The van der Waals surface area contributed by atoms with Gasteiger partial charge in [0, 0.05) is 24.6 Å². The van der Waals surface area contributed by atoms with E-state index in [1.807, 2.05) is 31.2 Å². The van der Waals surface area contributed by atoms with Crippen LogP contribution in [0.3, 0.4) is 0 Å². The lowest BCUT2D eigenvalue weighted by atomic mass is 10.1. The zero-order valence-electron chi connectivity index (χ0n) is 17.2. The van der Waals surface area contributed by atoms with Gasteiger partial charge in [-0.3, -0.25) is 14.4 Å². The number of ether oxygens (including phenoxy) is 1. The van der Waals surface area contributed by atoms with E-state index in [4.69, 9.17) is 10.5 Å². The van der Waals surface area contributed by atoms with Crippen molar-refractivity contribution in [2.45, 2.75) is 26.3 Å². The number of hydrogen-bond donors (Lipinski definition) is 2. The lowest BCUT2D eigenvalue weighted by Gasteiger charge is -2.10. The van der Waals surface area contributed by atoms with Gasteiger partial charge in [-0.15, -0.1) is 0 Å². The standard InChI is InChI=1S/C23H24N4O4/c1-2-31-17-11-9-16(10-12-17)19-13-14-22(29)27(26-19)15-5-8-21(28)25-20-7-4-3-6-18(20)23(24)30/h3-4,6-7,9-14H,2,5,8,15H2,1H3,(H2,24,30)(H,25,28). The summed E-state index contributed by atoms with van der Waals surface area (Å²) in [6, 6.07) is 17.1. The summed E-state index contributed by atoms with van der Waals surface area (Å²) in [6.45, 7) is 2.79. The van der Waals surface area contributed by atoms with Crippen molar-refractivity contribution in [3.63, 3.8) is 0 Å². The average molecular weight is 420 g/mol. The van der Waals surface area contributed by atoms with Gasteiger partial charge in [0.2, 0.25) is 5.91 Å². The molecule has 2 amide bonds. The number of nitrogens with one attached hydrogen (secondary N) is 1. The summed E-state index contributed by atoms with van der Waals surface area (Å²) in [5.74, 6) is -0.120. The molecule has 160 valence electrons. The van der Waals surface area contributed by atoms with Gasteiger partial charge >= 0.3 is 0 Å². The van der Waals surface area contributed by atoms with Crippen molar-refractivity contribution in [3.8, 4) is 17.0 Å². The number of carbonyl (C=O) groups is 2. The van der Waals surface area contributed by atoms with Gasteiger partial charge in [-0.05, 0) is 55.8 Å². The van der Waals surface area contributed by atoms with Crippen LogP contribution >= 0.6 is 0 Å². The van der Waals surface area contributed by atoms with E-state index in [0.29, 0.717) is 24.4 Å². The fourth-order valence-corrected chi connectivity index (χ4v) is 3.06. The maximum atomic E-state index is 12.3. The number of nitrogens with two attached hydrogens (primary N) is 1. The predicted molar refractivity (Wildman–Crippen MR) is 118 cm³/mol. The minimum Gasteiger partial charge on any atom is -0.494 e. The Kier molecular flexibility index (Phi) is 7.16. The molecular weight excluding hydrogens is 396 g/mol. The molecule has 0 saturated heterocycles. The van der Waals surface area contributed by atoms with Crippen molar-refractivity contribution in [1.29, 1.82) is 0 Å². The van der Waals surface area contributed by atoms with Crippen LogP contribution in [0.5, 0.6) is 5.75 Å². The summed E-state index contributed by atoms with van der Waals surface area (Å²) in [4.78, 5) is 35.9. The van der Waals surface area contributed by atoms with E-state index >= 15 is 0 Å². The fraction of sp³-hybridized carbons (Fsp3) is 0.217. The molecule has 1 aromatic heterocycles. The Bertz CT molecular complexity index is 1120. The first-order chi connectivity index (χ1) is 15.0. The zero-order chi connectivity index (χ0) is 22.2. The van der Waals surface area contributed by atoms with Gasteiger partial charge in [0.15, 0.2) is 0 Å². The molecule has 2 aromatic carbocycles. The number of nitrogens with zero attached hydrogens (tertiary/aromatic N) is 2. The van der Waals surface area contributed by atoms with Crippen LogP contribution in [0.1, 0.15) is 30.1 Å². The van der Waals surface area contributed by atoms with Crippen LogP contribution in [0.4, 0.5) is 5.69 Å². The van der Waals surface area contributed by atoms with Gasteiger partial charge in [-0.2, -0.15) is 5.10 Å². The molecule has 0 radical (unpaired) electrons. The molecule has 0 aliphatic rings. The van der Waals surface area contributed by atoms with Crippen molar-refractivity contribution in [1.82, 2.24) is 9.78 Å². The van der Waals surface area contributed by atoms with Crippen molar-refractivity contribution >= 4 is 17.5 Å². The third kappa shape index (κ3) is 5.79. The number of para-hydroxylation sites is 1. The normalized spacial score (nSPS) is 10.5. The maximum Gasteiger partial charge on any atom is 0.266 e. The first-order valence-corrected chi connectivity index (χ1v) is 9.98. The summed E-state index contributed by atoms with van der Waals surface area (Å²) in [7, 11) is 0. The van der Waals surface area contributed by atoms with Crippen LogP contribution < -0.4 is 21.3 Å². The summed E-state index contributed by atoms with van der Waals surface area (Å²) < 4.78 is 6.78. The Morgan fingerprint density at radius 1 is 1.06 bits per heavy atom. The van der Waals surface area contributed by atoms with Crippen molar-refractivity contribution in [3.05, 3.63) is 76.6 Å². The van der Waals surface area contributed by atoms with E-state index in [-0.39, 0.29) is 30.0 Å². The second kappa shape index (κ2) is 10.2. The van der Waals surface area contributed by atoms with E-state index in [9.17, 15) is 14.4 Å². The molecular formula is C23H24N4O4. The van der Waals surface area contributed by atoms with Crippen molar-refractivity contribution < 1.29 is 14.3 Å². The highest BCUT2D eigenvalue weighted by Gasteiger charge is 2.11. The predicted octanol–water partition coefficient (Wildman–Crippen LogP) is 2.83. The number of anilines is 1. The minimum absolute atomic E-state index is 0.161. The molecule has 0 fully saturated rings. The number of primary amides is 1. The Morgan fingerprint density at radius 3 is 2.52 bits per heavy atom. The van der Waals surface area contributed by atoms with E-state index < -0.39 is 5.91 Å². The van der Waals surface area contributed by atoms with Gasteiger partial charge in [0.05, 0.1) is 23.6 Å². The van der Waals surface area contributed by atoms with Crippen molar-refractivity contribution in [2.75, 3.05) is 11.9 Å². The highest BCUT2D eigenvalue weighted by atomic mass is 16.5. The first-order valence-electron chi connectivity index (χ1n) is 9.98. The van der Waals surface area contributed by atoms with Crippen LogP contribution in [0.25, 0.3) is 11.3 Å². The topological polar surface area (TPSA) is 116 Å². The van der Waals surface area contributed by atoms with Gasteiger partial charge in [-0.25, -0.2) is 4.68 Å². The van der Waals surface area contributed by atoms with E-state index in [2.05, 4.69) is 10.4 Å². The number of benzene rings is 2. The van der Waals surface area contributed by atoms with Crippen LogP contribution in [-0.4, -0.2) is 28.2 Å². The smallest absolute Gasteiger partial charge is 0.266 e. The molecule has 31 heavy (non-hydrogen) atoms. The van der Waals surface area contributed by atoms with Crippen LogP contribution in [0.15, 0.2) is 65.5 Å². The number of amides is 2. The fourth-order valence-electron chi connectivity index (χ4n) is 3.06. The molecule has 0 unspecified atom stereocenters. The van der Waals surface area contributed by atoms with Crippen LogP contribution in [-0.2, 0) is 11.3 Å². The van der Waals surface area contributed by atoms with Crippen LogP contribution in [0.2, 0.25) is 0 Å². The molecule has 0 saturated carbocycles. The second-order valence-corrected chi connectivity index (χ2v) is 6.80. The van der Waals surface area contributed by atoms with Gasteiger partial charge in [-0.1, -0.05) is 12.1 Å². The number of aromatic nitrogens is 2. The Hall–Kier alpha value is -3.94. The number of aryl methyl sites for hydroxylation is 1. The van der Waals surface area contributed by atoms with E-state index in [1.54, 1.807) is 30.3 Å². The summed E-state index contributed by atoms with van der Waals surface area (Å²) in [5, 5.41) is 7.09. The monoisotopic (exact) mass is 420 g/mol. The molecule has 1 heterocycles. The first kappa shape index (κ1) is 21.8. The average Bonchev–Trinajstić information content (AvgIpc) is 2.76. The third-order valence-corrected chi connectivity index (χ3v) is 4.57. The maximum absolute atomic E-state index is 12.3. The SMILES string of the molecule is CCOc1ccc(-c2ccc(=O)n(CCCC(=O)Nc3ccccc3C(N)=O)n2)cc1. The molecule has 0 aliphatic heterocycles. The molecule has 3 N–H and O–H groups in total. The molecule has 3 aromatic rings. The largest absolute Gasteiger partial charge is 0.494 e. The molecule has 8 nitrogen and oxygen atoms in total. The highest BCUT2D eigenvalue weighted by molar-refractivity contribution is 6.02. The lowest BCUT2D eigenvalue weighted by Crippen LogP contribution is -2.23. The van der Waals surface area contributed by atoms with Gasteiger partial charge in [0.1, 0.15) is 5.75 Å². The zero-order valence-corrected chi connectivity index (χ0v) is 17.2. The number of hydrogen-bond acceptors (Lipinski definition) is 5. The summed E-state index contributed by atoms with van der Waals surface area (Å²) in [6.07, 6.45) is 0.568. The Labute approximate surface area is 179 Å². The Balaban J connectivity index is 1.62. The van der Waals surface area contributed by atoms with Gasteiger partial charge in [0.25, 0.3) is 11.5 Å². The van der Waals surface area contributed by atoms with E-state index in [0.717, 1.165) is 11.3 Å². The molecule has 0 bridgehead atoms. The lowest BCUT2D eigenvalue weighted by molar-refractivity contribution is -0.116. The molecule has 0 aliphatic carbocycles. The summed E-state index contributed by atoms with van der Waals surface area (Å²) in [5.41, 5.74) is 7.21. The molecule has 3 rings (SSSR count). The molecule has 8 heteroatoms. The molecule has 0 spiro atoms. The highest BCUT2D eigenvalue weighted by Crippen LogP contribution is 2.20. The minimum atomic E-state index is -0.613. The number of rotatable bonds is 9. The van der Waals surface area contributed by atoms with Crippen LogP contribution in [0, 0.1) is 0 Å². The van der Waals surface area contributed by atoms with Gasteiger partial charge < -0.3 is 15.8 Å². The summed E-state index contributed by atoms with van der Waals surface area (Å²) >= 11 is 0. The second-order valence-electron chi connectivity index (χ2n) is 6.80. The quantitative estimate of drug-likeness (QED) is 0.552. The van der Waals surface area contributed by atoms with Crippen molar-refractivity contribution in [2.24, 2.45) is 5.73 Å².